The molecule has 0 aromatic heterocycles. The number of hydrogen-bond donors (Lipinski definition) is 0. The van der Waals surface area contributed by atoms with Crippen molar-refractivity contribution >= 4 is 11.1 Å². The van der Waals surface area contributed by atoms with Crippen LogP contribution in [0.5, 0.6) is 0 Å². The van der Waals surface area contributed by atoms with Crippen LogP contribution in [-0.4, -0.2) is 8.76 Å². The minimum atomic E-state index is -2.10. The van der Waals surface area contributed by atoms with Crippen LogP contribution >= 0.6 is 0 Å². The van der Waals surface area contributed by atoms with Crippen molar-refractivity contribution in [2.45, 2.75) is 11.7 Å². The van der Waals surface area contributed by atoms with Gasteiger partial charge in [-0.1, -0.05) is 60.7 Å². The third-order valence-electron chi connectivity index (χ3n) is 2.67. The van der Waals surface area contributed by atoms with Crippen LogP contribution in [0.1, 0.15) is 16.4 Å². The molecule has 2 unspecified atom stereocenters. The molecule has 2 rings (SSSR count). The Morgan fingerprint density at radius 1 is 0.941 bits per heavy atom. The molecule has 88 valence electrons. The number of rotatable bonds is 4. The normalized spacial score (nSPS) is 14.2. The maximum absolute atomic E-state index is 11.3. The highest BCUT2D eigenvalue weighted by Crippen LogP contribution is 2.23. The zero-order valence-electron chi connectivity index (χ0n) is 9.28. The summed E-state index contributed by atoms with van der Waals surface area (Å²) in [5.74, 6) is 0. The van der Waals surface area contributed by atoms with E-state index in [1.54, 1.807) is 0 Å². The van der Waals surface area contributed by atoms with E-state index in [0.717, 1.165) is 11.1 Å². The van der Waals surface area contributed by atoms with E-state index in [-0.39, 0.29) is 0 Å². The van der Waals surface area contributed by atoms with Gasteiger partial charge in [-0.3, -0.25) is 4.21 Å². The first-order valence-corrected chi connectivity index (χ1v) is 6.58. The van der Waals surface area contributed by atoms with Crippen molar-refractivity contribution in [3.8, 4) is 0 Å². The van der Waals surface area contributed by atoms with Crippen molar-refractivity contribution in [1.82, 2.24) is 0 Å². The highest BCUT2D eigenvalue weighted by Gasteiger charge is 2.12. The lowest BCUT2D eigenvalue weighted by atomic mass is 10.0. The third-order valence-corrected chi connectivity index (χ3v) is 3.57. The fourth-order valence-corrected chi connectivity index (χ4v) is 2.50. The first kappa shape index (κ1) is 12.0. The highest BCUT2D eigenvalue weighted by atomic mass is 32.2. The van der Waals surface area contributed by atoms with E-state index >= 15 is 0 Å². The van der Waals surface area contributed by atoms with Gasteiger partial charge in [0.2, 0.25) is 0 Å². The Kier molecular flexibility index (Phi) is 4.07. The van der Waals surface area contributed by atoms with Gasteiger partial charge in [-0.2, -0.15) is 0 Å². The van der Waals surface area contributed by atoms with Crippen molar-refractivity contribution in [3.63, 3.8) is 0 Å². The van der Waals surface area contributed by atoms with Crippen LogP contribution in [0.3, 0.4) is 0 Å². The zero-order chi connectivity index (χ0) is 12.1. The number of benzene rings is 2. The monoisotopic (exact) mass is 245 g/mol. The van der Waals surface area contributed by atoms with Gasteiger partial charge < -0.3 is 4.55 Å². The Morgan fingerprint density at radius 3 is 2.00 bits per heavy atom. The topological polar surface area (TPSA) is 40.1 Å². The van der Waals surface area contributed by atoms with Gasteiger partial charge in [-0.15, -0.1) is 0 Å². The largest absolute Gasteiger partial charge is 0.772 e. The van der Waals surface area contributed by atoms with Crippen LogP contribution in [0.25, 0.3) is 0 Å². The SMILES string of the molecule is O=S([O-])C(Cc1ccccc1)c1ccccc1. The van der Waals surface area contributed by atoms with Crippen LogP contribution in [0.2, 0.25) is 0 Å². The average Bonchev–Trinajstić information content (AvgIpc) is 2.38. The first-order chi connectivity index (χ1) is 8.27. The molecule has 0 radical (unpaired) electrons. The third kappa shape index (κ3) is 3.25. The molecule has 0 aliphatic heterocycles. The van der Waals surface area contributed by atoms with Gasteiger partial charge in [0.15, 0.2) is 0 Å². The molecule has 0 heterocycles. The smallest absolute Gasteiger partial charge is 0.0505 e. The number of hydrogen-bond acceptors (Lipinski definition) is 2. The summed E-state index contributed by atoms with van der Waals surface area (Å²) in [4.78, 5) is 0. The zero-order valence-corrected chi connectivity index (χ0v) is 10.1. The molecule has 0 bridgehead atoms. The molecule has 0 fully saturated rings. The lowest BCUT2D eigenvalue weighted by Crippen LogP contribution is -2.09. The molecule has 2 nitrogen and oxygen atoms in total. The molecule has 2 aromatic rings. The molecule has 17 heavy (non-hydrogen) atoms. The van der Waals surface area contributed by atoms with E-state index < -0.39 is 16.3 Å². The van der Waals surface area contributed by atoms with Crippen molar-refractivity contribution in [2.75, 3.05) is 0 Å². The highest BCUT2D eigenvalue weighted by molar-refractivity contribution is 7.79. The first-order valence-electron chi connectivity index (χ1n) is 5.44. The summed E-state index contributed by atoms with van der Waals surface area (Å²) >= 11 is -2.10. The second kappa shape index (κ2) is 5.75. The van der Waals surface area contributed by atoms with Gasteiger partial charge in [-0.05, 0) is 28.6 Å². The summed E-state index contributed by atoms with van der Waals surface area (Å²) in [7, 11) is 0. The van der Waals surface area contributed by atoms with Crippen molar-refractivity contribution < 1.29 is 8.76 Å². The van der Waals surface area contributed by atoms with E-state index in [0.29, 0.717) is 6.42 Å². The summed E-state index contributed by atoms with van der Waals surface area (Å²) in [6.07, 6.45) is 0.515. The molecule has 2 aromatic carbocycles. The fourth-order valence-electron chi connectivity index (χ4n) is 1.79. The van der Waals surface area contributed by atoms with E-state index in [1.807, 2.05) is 60.7 Å². The summed E-state index contributed by atoms with van der Waals surface area (Å²) in [6.45, 7) is 0. The van der Waals surface area contributed by atoms with Crippen LogP contribution in [0, 0.1) is 0 Å². The Balaban J connectivity index is 2.23. The second-order valence-electron chi connectivity index (χ2n) is 3.85. The van der Waals surface area contributed by atoms with E-state index in [2.05, 4.69) is 0 Å². The van der Waals surface area contributed by atoms with E-state index in [9.17, 15) is 8.76 Å². The predicted molar refractivity (Wildman–Crippen MR) is 68.2 cm³/mol. The standard InChI is InChI=1S/C14H14O2S/c15-17(16)14(13-9-5-2-6-10-13)11-12-7-3-1-4-8-12/h1-10,14H,11H2,(H,15,16)/p-1. The van der Waals surface area contributed by atoms with Gasteiger partial charge in [0.1, 0.15) is 0 Å². The van der Waals surface area contributed by atoms with Crippen LogP contribution < -0.4 is 0 Å². The van der Waals surface area contributed by atoms with Gasteiger partial charge in [-0.25, -0.2) is 0 Å². The van der Waals surface area contributed by atoms with Gasteiger partial charge in [0.25, 0.3) is 0 Å². The molecule has 0 amide bonds. The molecule has 3 heteroatoms. The Hall–Kier alpha value is -1.45. The summed E-state index contributed by atoms with van der Waals surface area (Å²) in [5.41, 5.74) is 1.87. The molecule has 0 aliphatic carbocycles. The van der Waals surface area contributed by atoms with Crippen molar-refractivity contribution in [3.05, 3.63) is 71.8 Å². The molecular weight excluding hydrogens is 232 g/mol. The lowest BCUT2D eigenvalue weighted by Gasteiger charge is -2.20. The van der Waals surface area contributed by atoms with E-state index in [4.69, 9.17) is 0 Å². The van der Waals surface area contributed by atoms with Crippen LogP contribution in [-0.2, 0) is 17.5 Å². The summed E-state index contributed by atoms with van der Waals surface area (Å²) < 4.78 is 22.6. The Labute approximate surface area is 104 Å². The van der Waals surface area contributed by atoms with Gasteiger partial charge in [0.05, 0.1) is 5.25 Å². The van der Waals surface area contributed by atoms with E-state index in [1.165, 1.54) is 0 Å². The second-order valence-corrected chi connectivity index (χ2v) is 4.94. The van der Waals surface area contributed by atoms with Crippen LogP contribution in [0.4, 0.5) is 0 Å². The molecule has 0 saturated heterocycles. The maximum Gasteiger partial charge on any atom is 0.0505 e. The van der Waals surface area contributed by atoms with Crippen molar-refractivity contribution in [2.24, 2.45) is 0 Å². The van der Waals surface area contributed by atoms with Crippen LogP contribution in [0.15, 0.2) is 60.7 Å². The minimum Gasteiger partial charge on any atom is -0.772 e. The lowest BCUT2D eigenvalue weighted by molar-refractivity contribution is 0.522. The molecule has 0 aliphatic rings. The summed E-state index contributed by atoms with van der Waals surface area (Å²) in [5, 5.41) is -0.474. The van der Waals surface area contributed by atoms with Gasteiger partial charge in [0, 0.05) is 0 Å². The quantitative estimate of drug-likeness (QED) is 0.777. The molecule has 0 saturated carbocycles. The predicted octanol–water partition coefficient (Wildman–Crippen LogP) is 2.85. The molecule has 0 spiro atoms. The molecule has 2 atom stereocenters. The average molecular weight is 245 g/mol. The maximum atomic E-state index is 11.3. The Bertz CT molecular complexity index is 482. The van der Waals surface area contributed by atoms with Crippen molar-refractivity contribution in [1.29, 1.82) is 0 Å². The molecule has 0 N–H and O–H groups in total. The minimum absolute atomic E-state index is 0.474. The molecular formula is C14H13O2S-. The van der Waals surface area contributed by atoms with Gasteiger partial charge >= 0.3 is 0 Å². The fraction of sp³-hybridized carbons (Fsp3) is 0.143. The summed E-state index contributed by atoms with van der Waals surface area (Å²) in [6, 6.07) is 19.0. The Morgan fingerprint density at radius 2 is 1.47 bits per heavy atom.